The molecule has 1 aliphatic rings. The summed E-state index contributed by atoms with van der Waals surface area (Å²) in [6.45, 7) is 3.94. The van der Waals surface area contributed by atoms with Crippen LogP contribution in [0.2, 0.25) is 5.02 Å². The second-order valence-electron chi connectivity index (χ2n) is 7.08. The van der Waals surface area contributed by atoms with Crippen molar-refractivity contribution in [2.45, 2.75) is 0 Å². The minimum Gasteiger partial charge on any atom is -0.368 e. The fraction of sp³-hybridized carbons (Fsp3) is 0.208. The van der Waals surface area contributed by atoms with E-state index in [1.54, 1.807) is 0 Å². The molecule has 3 aromatic carbocycles. The molecule has 1 saturated heterocycles. The summed E-state index contributed by atoms with van der Waals surface area (Å²) in [6.07, 6.45) is 0. The molecule has 3 nitrogen and oxygen atoms in total. The van der Waals surface area contributed by atoms with E-state index in [4.69, 9.17) is 11.6 Å². The van der Waals surface area contributed by atoms with Crippen molar-refractivity contribution < 1.29 is 4.79 Å². The number of carbonyl (C=O) groups excluding carboxylic acids is 1. The minimum absolute atomic E-state index is 0.172. The third-order valence-electron chi connectivity index (χ3n) is 5.25. The number of anilines is 1. The monoisotopic (exact) mass is 390 g/mol. The highest BCUT2D eigenvalue weighted by molar-refractivity contribution is 6.33. The standard InChI is InChI=1S/C24H23ClN2O/c25-22-8-4-5-9-23(22)27-16-14-26(15-17-27)18-24(28)21-12-10-20(11-13-21)19-6-2-1-3-7-19/h1-13H,14-18H2. The van der Waals surface area contributed by atoms with Gasteiger partial charge in [0, 0.05) is 31.7 Å². The van der Waals surface area contributed by atoms with Gasteiger partial charge in [0.1, 0.15) is 0 Å². The number of piperazine rings is 1. The molecule has 0 amide bonds. The predicted molar refractivity (Wildman–Crippen MR) is 116 cm³/mol. The third-order valence-corrected chi connectivity index (χ3v) is 5.57. The van der Waals surface area contributed by atoms with Crippen LogP contribution < -0.4 is 4.90 Å². The first kappa shape index (κ1) is 18.7. The summed E-state index contributed by atoms with van der Waals surface area (Å²) in [5.74, 6) is 0.172. The number of hydrogen-bond acceptors (Lipinski definition) is 3. The number of benzene rings is 3. The lowest BCUT2D eigenvalue weighted by Crippen LogP contribution is -2.48. The van der Waals surface area contributed by atoms with E-state index in [2.05, 4.69) is 28.0 Å². The van der Waals surface area contributed by atoms with Gasteiger partial charge in [0.05, 0.1) is 17.3 Å². The summed E-state index contributed by atoms with van der Waals surface area (Å²) in [5.41, 5.74) is 4.14. The van der Waals surface area contributed by atoms with E-state index in [-0.39, 0.29) is 5.78 Å². The Balaban J connectivity index is 1.34. The molecule has 1 fully saturated rings. The van der Waals surface area contributed by atoms with Crippen molar-refractivity contribution >= 4 is 23.1 Å². The molecule has 4 rings (SSSR count). The number of carbonyl (C=O) groups is 1. The van der Waals surface area contributed by atoms with Crippen LogP contribution in [-0.4, -0.2) is 43.4 Å². The Morgan fingerprint density at radius 3 is 2.04 bits per heavy atom. The topological polar surface area (TPSA) is 23.6 Å². The number of ketones is 1. The molecule has 142 valence electrons. The van der Waals surface area contributed by atoms with Gasteiger partial charge < -0.3 is 4.90 Å². The molecule has 28 heavy (non-hydrogen) atoms. The van der Waals surface area contributed by atoms with Gasteiger partial charge in [-0.25, -0.2) is 0 Å². The Kier molecular flexibility index (Phi) is 5.75. The Morgan fingerprint density at radius 2 is 1.36 bits per heavy atom. The maximum absolute atomic E-state index is 12.7. The van der Waals surface area contributed by atoms with Gasteiger partial charge in [-0.2, -0.15) is 0 Å². The van der Waals surface area contributed by atoms with E-state index < -0.39 is 0 Å². The number of halogens is 1. The summed E-state index contributed by atoms with van der Waals surface area (Å²) in [6, 6.07) is 26.1. The number of para-hydroxylation sites is 1. The van der Waals surface area contributed by atoms with Gasteiger partial charge in [0.15, 0.2) is 5.78 Å². The van der Waals surface area contributed by atoms with Crippen molar-refractivity contribution in [2.24, 2.45) is 0 Å². The van der Waals surface area contributed by atoms with E-state index in [9.17, 15) is 4.79 Å². The highest BCUT2D eigenvalue weighted by Gasteiger charge is 2.20. The van der Waals surface area contributed by atoms with Crippen LogP contribution in [0.3, 0.4) is 0 Å². The second-order valence-corrected chi connectivity index (χ2v) is 7.49. The maximum Gasteiger partial charge on any atom is 0.176 e. The molecule has 0 unspecified atom stereocenters. The molecular formula is C24H23ClN2O. The fourth-order valence-electron chi connectivity index (χ4n) is 3.63. The zero-order chi connectivity index (χ0) is 19.3. The van der Waals surface area contributed by atoms with Gasteiger partial charge in [-0.05, 0) is 23.3 Å². The zero-order valence-electron chi connectivity index (χ0n) is 15.7. The molecule has 0 saturated carbocycles. The summed E-state index contributed by atoms with van der Waals surface area (Å²) in [7, 11) is 0. The van der Waals surface area contributed by atoms with Gasteiger partial charge >= 0.3 is 0 Å². The van der Waals surface area contributed by atoms with E-state index in [0.717, 1.165) is 53.6 Å². The van der Waals surface area contributed by atoms with Crippen molar-refractivity contribution in [3.63, 3.8) is 0 Å². The number of nitrogens with zero attached hydrogens (tertiary/aromatic N) is 2. The molecule has 0 aromatic heterocycles. The van der Waals surface area contributed by atoms with Crippen molar-refractivity contribution in [2.75, 3.05) is 37.6 Å². The van der Waals surface area contributed by atoms with Gasteiger partial charge in [0.25, 0.3) is 0 Å². The van der Waals surface area contributed by atoms with Crippen LogP contribution >= 0.6 is 11.6 Å². The molecule has 4 heteroatoms. The van der Waals surface area contributed by atoms with Gasteiger partial charge in [-0.15, -0.1) is 0 Å². The average molecular weight is 391 g/mol. The Bertz CT molecular complexity index is 932. The van der Waals surface area contributed by atoms with Crippen LogP contribution in [0.1, 0.15) is 10.4 Å². The quantitative estimate of drug-likeness (QED) is 0.572. The van der Waals surface area contributed by atoms with Gasteiger partial charge in [0.2, 0.25) is 0 Å². The Labute approximate surface area is 171 Å². The van der Waals surface area contributed by atoms with Crippen LogP contribution in [-0.2, 0) is 0 Å². The molecule has 0 N–H and O–H groups in total. The molecular weight excluding hydrogens is 368 g/mol. The Hall–Kier alpha value is -2.62. The van der Waals surface area contributed by atoms with Gasteiger partial charge in [-0.1, -0.05) is 78.3 Å². The normalized spacial score (nSPS) is 14.8. The Morgan fingerprint density at radius 1 is 0.750 bits per heavy atom. The largest absolute Gasteiger partial charge is 0.368 e. The predicted octanol–water partition coefficient (Wildman–Crippen LogP) is 5.01. The first-order chi connectivity index (χ1) is 13.7. The fourth-order valence-corrected chi connectivity index (χ4v) is 3.88. The summed E-state index contributed by atoms with van der Waals surface area (Å²) in [5, 5.41) is 0.783. The number of rotatable bonds is 5. The SMILES string of the molecule is O=C(CN1CCN(c2ccccc2Cl)CC1)c1ccc(-c2ccccc2)cc1. The molecule has 0 atom stereocenters. The summed E-state index contributed by atoms with van der Waals surface area (Å²) in [4.78, 5) is 17.2. The van der Waals surface area contributed by atoms with Crippen LogP contribution in [0.4, 0.5) is 5.69 Å². The molecule has 1 heterocycles. The third kappa shape index (κ3) is 4.27. The lowest BCUT2D eigenvalue weighted by atomic mass is 10.0. The highest BCUT2D eigenvalue weighted by Crippen LogP contribution is 2.26. The molecule has 0 bridgehead atoms. The molecule has 3 aromatic rings. The van der Waals surface area contributed by atoms with Crippen LogP contribution in [0.5, 0.6) is 0 Å². The molecule has 0 aliphatic carbocycles. The van der Waals surface area contributed by atoms with E-state index in [1.165, 1.54) is 0 Å². The summed E-state index contributed by atoms with van der Waals surface area (Å²) >= 11 is 6.31. The number of hydrogen-bond donors (Lipinski definition) is 0. The van der Waals surface area contributed by atoms with E-state index in [1.807, 2.05) is 60.7 Å². The molecule has 0 spiro atoms. The minimum atomic E-state index is 0.172. The smallest absolute Gasteiger partial charge is 0.176 e. The molecule has 1 aliphatic heterocycles. The van der Waals surface area contributed by atoms with Crippen LogP contribution in [0.25, 0.3) is 11.1 Å². The maximum atomic E-state index is 12.7. The zero-order valence-corrected chi connectivity index (χ0v) is 16.5. The second kappa shape index (κ2) is 8.59. The lowest BCUT2D eigenvalue weighted by Gasteiger charge is -2.36. The lowest BCUT2D eigenvalue weighted by molar-refractivity contribution is 0.0926. The van der Waals surface area contributed by atoms with Crippen molar-refractivity contribution in [1.82, 2.24) is 4.90 Å². The highest BCUT2D eigenvalue weighted by atomic mass is 35.5. The first-order valence-electron chi connectivity index (χ1n) is 9.61. The van der Waals surface area contributed by atoms with Crippen LogP contribution in [0, 0.1) is 0 Å². The van der Waals surface area contributed by atoms with Gasteiger partial charge in [-0.3, -0.25) is 9.69 Å². The summed E-state index contributed by atoms with van der Waals surface area (Å²) < 4.78 is 0. The van der Waals surface area contributed by atoms with E-state index in [0.29, 0.717) is 6.54 Å². The van der Waals surface area contributed by atoms with Crippen molar-refractivity contribution in [3.8, 4) is 11.1 Å². The van der Waals surface area contributed by atoms with Crippen molar-refractivity contribution in [3.05, 3.63) is 89.4 Å². The average Bonchev–Trinajstić information content (AvgIpc) is 2.75. The molecule has 0 radical (unpaired) electrons. The van der Waals surface area contributed by atoms with E-state index >= 15 is 0 Å². The van der Waals surface area contributed by atoms with Crippen LogP contribution in [0.15, 0.2) is 78.9 Å². The first-order valence-corrected chi connectivity index (χ1v) is 9.99. The van der Waals surface area contributed by atoms with Crippen molar-refractivity contribution in [1.29, 1.82) is 0 Å². The number of Topliss-reactive ketones (excluding diaryl/α,β-unsaturated/α-hetero) is 1.